The molecule has 0 saturated carbocycles. The van der Waals surface area contributed by atoms with E-state index in [2.05, 4.69) is 10.3 Å². The fourth-order valence-corrected chi connectivity index (χ4v) is 5.01. The molecule has 0 radical (unpaired) electrons. The van der Waals surface area contributed by atoms with Crippen LogP contribution >= 0.6 is 11.3 Å². The Labute approximate surface area is 223 Å². The van der Waals surface area contributed by atoms with Crippen LogP contribution < -0.4 is 15.6 Å². The van der Waals surface area contributed by atoms with E-state index < -0.39 is 23.5 Å². The van der Waals surface area contributed by atoms with Gasteiger partial charge in [0, 0.05) is 11.3 Å². The zero-order chi connectivity index (χ0) is 27.2. The van der Waals surface area contributed by atoms with Crippen LogP contribution in [0.1, 0.15) is 51.9 Å². The second-order valence-corrected chi connectivity index (χ2v) is 9.54. The van der Waals surface area contributed by atoms with E-state index in [9.17, 15) is 19.2 Å². The first-order chi connectivity index (χ1) is 18.3. The van der Waals surface area contributed by atoms with E-state index >= 15 is 0 Å². The highest BCUT2D eigenvalue weighted by Gasteiger charge is 2.25. The third kappa shape index (κ3) is 5.81. The molecule has 4 rings (SSSR count). The third-order valence-corrected chi connectivity index (χ3v) is 7.13. The quantitative estimate of drug-likeness (QED) is 0.177. The number of aromatic nitrogens is 2. The lowest BCUT2D eigenvalue weighted by Crippen LogP contribution is -2.33. The van der Waals surface area contributed by atoms with Gasteiger partial charge in [-0.1, -0.05) is 37.3 Å². The number of hydrogen-bond donors (Lipinski definition) is 1. The molecule has 1 unspecified atom stereocenters. The molecule has 10 heteroatoms. The number of fused-ring (bicyclic) bond motifs is 1. The van der Waals surface area contributed by atoms with E-state index in [1.54, 1.807) is 38.1 Å². The van der Waals surface area contributed by atoms with Gasteiger partial charge in [-0.25, -0.2) is 9.78 Å². The lowest BCUT2D eigenvalue weighted by Gasteiger charge is -2.18. The van der Waals surface area contributed by atoms with E-state index in [0.29, 0.717) is 33.8 Å². The maximum Gasteiger partial charge on any atom is 0.348 e. The van der Waals surface area contributed by atoms with Crippen molar-refractivity contribution in [2.45, 2.75) is 33.2 Å². The van der Waals surface area contributed by atoms with Crippen molar-refractivity contribution in [2.24, 2.45) is 0 Å². The molecule has 9 nitrogen and oxygen atoms in total. The summed E-state index contributed by atoms with van der Waals surface area (Å²) in [6, 6.07) is 14.9. The SMILES string of the molecule is CCC(C(=O)Nc1cccc(C(C)=O)c1)n1cnc2sc(C(=O)OCCOc3ccccc3)c(C)c2c1=O. The van der Waals surface area contributed by atoms with Crippen molar-refractivity contribution in [3.05, 3.63) is 87.3 Å². The molecule has 1 atom stereocenters. The van der Waals surface area contributed by atoms with Gasteiger partial charge < -0.3 is 14.8 Å². The summed E-state index contributed by atoms with van der Waals surface area (Å²) >= 11 is 1.07. The fourth-order valence-electron chi connectivity index (χ4n) is 3.98. The van der Waals surface area contributed by atoms with Crippen molar-refractivity contribution in [3.63, 3.8) is 0 Å². The lowest BCUT2D eigenvalue weighted by molar-refractivity contribution is -0.119. The molecule has 0 aliphatic carbocycles. The van der Waals surface area contributed by atoms with Crippen molar-refractivity contribution < 1.29 is 23.9 Å². The summed E-state index contributed by atoms with van der Waals surface area (Å²) in [7, 11) is 0. The number of ketones is 1. The van der Waals surface area contributed by atoms with E-state index in [0.717, 1.165) is 11.3 Å². The normalized spacial score (nSPS) is 11.7. The minimum atomic E-state index is -0.842. The number of amides is 1. The Morgan fingerprint density at radius 2 is 1.84 bits per heavy atom. The summed E-state index contributed by atoms with van der Waals surface area (Å²) in [5.74, 6) is -0.428. The van der Waals surface area contributed by atoms with Gasteiger partial charge in [0.05, 0.1) is 11.7 Å². The number of para-hydroxylation sites is 1. The number of anilines is 1. The molecule has 0 bridgehead atoms. The average molecular weight is 534 g/mol. The topological polar surface area (TPSA) is 117 Å². The summed E-state index contributed by atoms with van der Waals surface area (Å²) in [4.78, 5) is 56.0. The van der Waals surface area contributed by atoms with Gasteiger partial charge in [0.1, 0.15) is 34.7 Å². The Balaban J connectivity index is 1.51. The largest absolute Gasteiger partial charge is 0.490 e. The highest BCUT2D eigenvalue weighted by atomic mass is 32.1. The van der Waals surface area contributed by atoms with E-state index in [1.165, 1.54) is 17.8 Å². The van der Waals surface area contributed by atoms with E-state index in [-0.39, 0.29) is 29.3 Å². The van der Waals surface area contributed by atoms with Crippen molar-refractivity contribution >= 4 is 44.9 Å². The highest BCUT2D eigenvalue weighted by Crippen LogP contribution is 2.28. The lowest BCUT2D eigenvalue weighted by atomic mass is 10.1. The van der Waals surface area contributed by atoms with Crippen molar-refractivity contribution in [1.29, 1.82) is 0 Å². The van der Waals surface area contributed by atoms with Crippen molar-refractivity contribution in [2.75, 3.05) is 18.5 Å². The number of rotatable bonds is 10. The number of benzene rings is 2. The molecular formula is C28H27N3O6S. The molecule has 38 heavy (non-hydrogen) atoms. The van der Waals surface area contributed by atoms with Crippen LogP contribution in [0.4, 0.5) is 5.69 Å². The van der Waals surface area contributed by atoms with Gasteiger partial charge in [-0.15, -0.1) is 11.3 Å². The van der Waals surface area contributed by atoms with Crippen LogP contribution in [0, 0.1) is 6.92 Å². The van der Waals surface area contributed by atoms with Gasteiger partial charge in [0.25, 0.3) is 5.56 Å². The summed E-state index contributed by atoms with van der Waals surface area (Å²) in [5, 5.41) is 3.05. The molecule has 196 valence electrons. The van der Waals surface area contributed by atoms with Gasteiger partial charge in [0.15, 0.2) is 5.78 Å². The number of nitrogens with one attached hydrogen (secondary N) is 1. The van der Waals surface area contributed by atoms with Crippen LogP contribution in [0.5, 0.6) is 5.75 Å². The zero-order valence-corrected chi connectivity index (χ0v) is 22.0. The van der Waals surface area contributed by atoms with Crippen LogP contribution in [-0.2, 0) is 9.53 Å². The Kier molecular flexibility index (Phi) is 8.32. The number of carbonyl (C=O) groups is 3. The minimum absolute atomic E-state index is 0.0436. The van der Waals surface area contributed by atoms with Crippen molar-refractivity contribution in [1.82, 2.24) is 9.55 Å². The summed E-state index contributed by atoms with van der Waals surface area (Å²) in [6.07, 6.45) is 1.65. The van der Waals surface area contributed by atoms with Crippen LogP contribution in [0.2, 0.25) is 0 Å². The average Bonchev–Trinajstić information content (AvgIpc) is 3.26. The number of aryl methyl sites for hydroxylation is 1. The smallest absolute Gasteiger partial charge is 0.348 e. The first-order valence-corrected chi connectivity index (χ1v) is 12.9. The van der Waals surface area contributed by atoms with Crippen LogP contribution in [-0.4, -0.2) is 40.4 Å². The molecule has 0 spiro atoms. The molecule has 4 aromatic rings. The van der Waals surface area contributed by atoms with Gasteiger partial charge in [-0.3, -0.25) is 19.0 Å². The molecule has 2 aromatic carbocycles. The van der Waals surface area contributed by atoms with Crippen LogP contribution in [0.25, 0.3) is 10.2 Å². The van der Waals surface area contributed by atoms with Crippen molar-refractivity contribution in [3.8, 4) is 5.75 Å². The predicted octanol–water partition coefficient (Wildman–Crippen LogP) is 4.79. The monoisotopic (exact) mass is 533 g/mol. The molecule has 1 amide bonds. The molecular weight excluding hydrogens is 506 g/mol. The maximum atomic E-state index is 13.4. The van der Waals surface area contributed by atoms with Crippen LogP contribution in [0.15, 0.2) is 65.7 Å². The maximum absolute atomic E-state index is 13.4. The van der Waals surface area contributed by atoms with Gasteiger partial charge >= 0.3 is 5.97 Å². The molecule has 0 aliphatic rings. The standard InChI is InChI=1S/C28H27N3O6S/c1-4-22(25(33)30-20-10-8-9-19(15-20)18(3)32)31-16-29-26-23(27(31)34)17(2)24(38-26)28(35)37-14-13-36-21-11-6-5-7-12-21/h5-12,15-16,22H,4,13-14H2,1-3H3,(H,30,33). The summed E-state index contributed by atoms with van der Waals surface area (Å²) < 4.78 is 12.2. The number of Topliss-reactive ketones (excluding diaryl/α,β-unsaturated/α-hetero) is 1. The fraction of sp³-hybridized carbons (Fsp3) is 0.250. The predicted molar refractivity (Wildman–Crippen MR) is 145 cm³/mol. The van der Waals surface area contributed by atoms with Gasteiger partial charge in [-0.2, -0.15) is 0 Å². The molecule has 0 saturated heterocycles. The second-order valence-electron chi connectivity index (χ2n) is 8.54. The summed E-state index contributed by atoms with van der Waals surface area (Å²) in [6.45, 7) is 5.13. The van der Waals surface area contributed by atoms with Crippen LogP contribution in [0.3, 0.4) is 0 Å². The number of ether oxygens (including phenoxy) is 2. The Hall–Kier alpha value is -4.31. The summed E-state index contributed by atoms with van der Waals surface area (Å²) in [5.41, 5.74) is 0.956. The molecule has 2 aromatic heterocycles. The van der Waals surface area contributed by atoms with E-state index in [4.69, 9.17) is 9.47 Å². The molecule has 0 fully saturated rings. The number of thiophene rings is 1. The number of carbonyl (C=O) groups excluding carboxylic acids is 3. The van der Waals surface area contributed by atoms with Gasteiger partial charge in [0.2, 0.25) is 5.91 Å². The third-order valence-electron chi connectivity index (χ3n) is 5.95. The molecule has 0 aliphatic heterocycles. The first kappa shape index (κ1) is 26.7. The number of nitrogens with zero attached hydrogens (tertiary/aromatic N) is 2. The first-order valence-electron chi connectivity index (χ1n) is 12.1. The zero-order valence-electron chi connectivity index (χ0n) is 21.2. The minimum Gasteiger partial charge on any atom is -0.490 e. The Bertz CT molecular complexity index is 1540. The molecule has 1 N–H and O–H groups in total. The van der Waals surface area contributed by atoms with E-state index in [1.807, 2.05) is 30.3 Å². The highest BCUT2D eigenvalue weighted by molar-refractivity contribution is 7.20. The molecule has 2 heterocycles. The second kappa shape index (κ2) is 11.8. The Morgan fingerprint density at radius 1 is 1.08 bits per heavy atom. The number of esters is 1. The Morgan fingerprint density at radius 3 is 2.55 bits per heavy atom. The van der Waals surface area contributed by atoms with Gasteiger partial charge in [-0.05, 0) is 50.1 Å². The number of hydrogen-bond acceptors (Lipinski definition) is 8.